The first kappa shape index (κ1) is 20.3. The molecule has 0 saturated carbocycles. The maximum absolute atomic E-state index is 14.1. The number of benzene rings is 2. The van der Waals surface area contributed by atoms with Crippen molar-refractivity contribution in [3.8, 4) is 0 Å². The van der Waals surface area contributed by atoms with Gasteiger partial charge in [0.2, 0.25) is 0 Å². The maximum Gasteiger partial charge on any atom is 0.258 e. The number of carbonyl (C=O) groups excluding carboxylic acids is 1. The molecule has 0 aromatic heterocycles. The zero-order chi connectivity index (χ0) is 20.7. The summed E-state index contributed by atoms with van der Waals surface area (Å²) in [6.45, 7) is 0. The van der Waals surface area contributed by atoms with Crippen LogP contribution < -0.4 is 5.32 Å². The largest absolute Gasteiger partial charge is 0.319 e. The van der Waals surface area contributed by atoms with Gasteiger partial charge in [0.15, 0.2) is 19.7 Å². The Morgan fingerprint density at radius 2 is 1.75 bits per heavy atom. The van der Waals surface area contributed by atoms with Gasteiger partial charge in [-0.25, -0.2) is 30.0 Å². The highest BCUT2D eigenvalue weighted by Gasteiger charge is 2.38. The predicted molar refractivity (Wildman–Crippen MR) is 95.0 cm³/mol. The van der Waals surface area contributed by atoms with E-state index < -0.39 is 70.2 Å². The number of halogens is 3. The molecule has 11 heteroatoms. The van der Waals surface area contributed by atoms with Crippen molar-refractivity contribution in [3.63, 3.8) is 0 Å². The van der Waals surface area contributed by atoms with Crippen molar-refractivity contribution in [1.82, 2.24) is 0 Å². The lowest BCUT2D eigenvalue weighted by Gasteiger charge is -2.12. The SMILES string of the molecule is O=C(Nc1ccc(F)cc1F)c1cc(S(=O)(=O)[C@@H]2CCS(=O)(=O)C2)ccc1F. The summed E-state index contributed by atoms with van der Waals surface area (Å²) in [5.74, 6) is -4.98. The average molecular weight is 433 g/mol. The quantitative estimate of drug-likeness (QED) is 0.747. The van der Waals surface area contributed by atoms with Crippen LogP contribution in [-0.2, 0) is 19.7 Å². The lowest BCUT2D eigenvalue weighted by Crippen LogP contribution is -2.23. The molecule has 150 valence electrons. The highest BCUT2D eigenvalue weighted by atomic mass is 32.2. The number of carbonyl (C=O) groups is 1. The first-order chi connectivity index (χ1) is 13.0. The first-order valence-electron chi connectivity index (χ1n) is 8.00. The highest BCUT2D eigenvalue weighted by Crippen LogP contribution is 2.27. The van der Waals surface area contributed by atoms with Gasteiger partial charge in [0.25, 0.3) is 5.91 Å². The molecule has 1 amide bonds. The molecule has 3 rings (SSSR count). The highest BCUT2D eigenvalue weighted by molar-refractivity contribution is 7.96. The number of nitrogens with one attached hydrogen (secondary N) is 1. The zero-order valence-corrected chi connectivity index (χ0v) is 15.8. The second-order valence-corrected chi connectivity index (χ2v) is 10.7. The first-order valence-corrected chi connectivity index (χ1v) is 11.4. The molecule has 0 spiro atoms. The van der Waals surface area contributed by atoms with Gasteiger partial charge in [0.05, 0.1) is 32.9 Å². The number of hydrogen-bond donors (Lipinski definition) is 1. The Balaban J connectivity index is 1.92. The number of rotatable bonds is 4. The summed E-state index contributed by atoms with van der Waals surface area (Å²) in [4.78, 5) is 11.9. The van der Waals surface area contributed by atoms with Crippen molar-refractivity contribution in [3.05, 3.63) is 59.4 Å². The average Bonchev–Trinajstić information content (AvgIpc) is 2.98. The van der Waals surface area contributed by atoms with Crippen LogP contribution in [0.15, 0.2) is 41.3 Å². The van der Waals surface area contributed by atoms with E-state index in [1.165, 1.54) is 0 Å². The molecule has 1 N–H and O–H groups in total. The van der Waals surface area contributed by atoms with Crippen LogP contribution in [0.25, 0.3) is 0 Å². The van der Waals surface area contributed by atoms with Crippen LogP contribution in [0.2, 0.25) is 0 Å². The fourth-order valence-corrected chi connectivity index (χ4v) is 7.22. The summed E-state index contributed by atoms with van der Waals surface area (Å²) >= 11 is 0. The Hall–Kier alpha value is -2.40. The third-order valence-electron chi connectivity index (χ3n) is 4.32. The van der Waals surface area contributed by atoms with Crippen molar-refractivity contribution >= 4 is 31.3 Å². The fourth-order valence-electron chi connectivity index (χ4n) is 2.83. The number of hydrogen-bond acceptors (Lipinski definition) is 5. The van der Waals surface area contributed by atoms with Crippen LogP contribution in [0.5, 0.6) is 0 Å². The lowest BCUT2D eigenvalue weighted by molar-refractivity contribution is 0.102. The molecular weight excluding hydrogens is 419 g/mol. The lowest BCUT2D eigenvalue weighted by atomic mass is 10.2. The summed E-state index contributed by atoms with van der Waals surface area (Å²) in [6.07, 6.45) is -0.0929. The second kappa shape index (κ2) is 7.21. The van der Waals surface area contributed by atoms with E-state index in [1.54, 1.807) is 0 Å². The van der Waals surface area contributed by atoms with Crippen LogP contribution in [0.3, 0.4) is 0 Å². The van der Waals surface area contributed by atoms with Crippen molar-refractivity contribution in [2.45, 2.75) is 16.6 Å². The van der Waals surface area contributed by atoms with Crippen molar-refractivity contribution in [2.24, 2.45) is 0 Å². The molecule has 1 aliphatic heterocycles. The van der Waals surface area contributed by atoms with E-state index in [4.69, 9.17) is 0 Å². The van der Waals surface area contributed by atoms with Crippen LogP contribution >= 0.6 is 0 Å². The monoisotopic (exact) mass is 433 g/mol. The predicted octanol–water partition coefficient (Wildman–Crippen LogP) is 2.32. The standard InChI is InChI=1S/C17H14F3NO5S2/c18-10-1-4-16(15(20)7-10)21-17(22)13-8-11(2-3-14(13)19)28(25,26)12-5-6-27(23,24)9-12/h1-4,7-8,12H,5-6,9H2,(H,21,22)/t12-/m1/s1. The molecule has 0 unspecified atom stereocenters. The number of anilines is 1. The van der Waals surface area contributed by atoms with Gasteiger partial charge in [-0.15, -0.1) is 0 Å². The molecule has 2 aromatic rings. The van der Waals surface area contributed by atoms with Crippen LogP contribution in [0.4, 0.5) is 18.9 Å². The van der Waals surface area contributed by atoms with Crippen LogP contribution in [0.1, 0.15) is 16.8 Å². The third-order valence-corrected chi connectivity index (χ3v) is 8.49. The molecule has 28 heavy (non-hydrogen) atoms. The molecule has 0 bridgehead atoms. The normalized spacial score (nSPS) is 18.8. The van der Waals surface area contributed by atoms with E-state index in [0.29, 0.717) is 6.07 Å². The Bertz CT molecular complexity index is 1160. The Kier molecular flexibility index (Phi) is 5.24. The zero-order valence-electron chi connectivity index (χ0n) is 14.2. The van der Waals surface area contributed by atoms with E-state index in [9.17, 15) is 34.8 Å². The van der Waals surface area contributed by atoms with Gasteiger partial charge < -0.3 is 5.32 Å². The van der Waals surface area contributed by atoms with Gasteiger partial charge in [-0.1, -0.05) is 0 Å². The Labute approximate surface area is 159 Å². The van der Waals surface area contributed by atoms with Crippen molar-refractivity contribution < 1.29 is 34.8 Å². The topological polar surface area (TPSA) is 97.4 Å². The van der Waals surface area contributed by atoms with Gasteiger partial charge in [0.1, 0.15) is 17.5 Å². The van der Waals surface area contributed by atoms with Crippen molar-refractivity contribution in [1.29, 1.82) is 0 Å². The molecule has 0 radical (unpaired) electrons. The maximum atomic E-state index is 14.1. The molecule has 1 aliphatic rings. The van der Waals surface area contributed by atoms with E-state index in [0.717, 1.165) is 30.3 Å². The van der Waals surface area contributed by atoms with Crippen molar-refractivity contribution in [2.75, 3.05) is 16.8 Å². The van der Waals surface area contributed by atoms with Crippen LogP contribution in [0, 0.1) is 17.5 Å². The minimum absolute atomic E-state index is 0.0929. The molecule has 6 nitrogen and oxygen atoms in total. The van der Waals surface area contributed by atoms with E-state index in [-0.39, 0.29) is 12.2 Å². The van der Waals surface area contributed by atoms with E-state index in [1.807, 2.05) is 5.32 Å². The van der Waals surface area contributed by atoms with E-state index in [2.05, 4.69) is 0 Å². The van der Waals surface area contributed by atoms with Gasteiger partial charge >= 0.3 is 0 Å². The summed E-state index contributed by atoms with van der Waals surface area (Å²) in [5.41, 5.74) is -1.09. The molecule has 0 aliphatic carbocycles. The Morgan fingerprint density at radius 3 is 2.36 bits per heavy atom. The smallest absolute Gasteiger partial charge is 0.258 e. The second-order valence-electron chi connectivity index (χ2n) is 6.29. The van der Waals surface area contributed by atoms with Gasteiger partial charge in [0, 0.05) is 6.07 Å². The van der Waals surface area contributed by atoms with Gasteiger partial charge in [-0.2, -0.15) is 0 Å². The minimum atomic E-state index is -4.12. The van der Waals surface area contributed by atoms with Crippen LogP contribution in [-0.4, -0.2) is 39.5 Å². The van der Waals surface area contributed by atoms with Gasteiger partial charge in [-0.3, -0.25) is 4.79 Å². The molecule has 1 heterocycles. The number of sulfone groups is 2. The molecule has 2 aromatic carbocycles. The number of amides is 1. The summed E-state index contributed by atoms with van der Waals surface area (Å²) in [6, 6.07) is 4.80. The molecule has 1 saturated heterocycles. The summed E-state index contributed by atoms with van der Waals surface area (Å²) < 4.78 is 89.1. The molecular formula is C17H14F3NO5S2. The van der Waals surface area contributed by atoms with E-state index >= 15 is 0 Å². The Morgan fingerprint density at radius 1 is 1.04 bits per heavy atom. The fraction of sp³-hybridized carbons (Fsp3) is 0.235. The molecule has 1 atom stereocenters. The van der Waals surface area contributed by atoms with Gasteiger partial charge in [-0.05, 0) is 36.8 Å². The molecule has 1 fully saturated rings. The minimum Gasteiger partial charge on any atom is -0.319 e. The third kappa shape index (κ3) is 4.04. The summed E-state index contributed by atoms with van der Waals surface area (Å²) in [7, 11) is -7.59. The summed E-state index contributed by atoms with van der Waals surface area (Å²) in [5, 5.41) is 0.858.